The zero-order valence-electron chi connectivity index (χ0n) is 7.90. The van der Waals surface area contributed by atoms with Gasteiger partial charge < -0.3 is 4.98 Å². The van der Waals surface area contributed by atoms with Crippen LogP contribution in [0.1, 0.15) is 15.9 Å². The van der Waals surface area contributed by atoms with Crippen LogP contribution in [0.2, 0.25) is 0 Å². The maximum absolute atomic E-state index is 10.9. The first-order valence-corrected chi connectivity index (χ1v) is 4.41. The number of nitrogens with one attached hydrogen (secondary N) is 1. The van der Waals surface area contributed by atoms with Gasteiger partial charge in [0.2, 0.25) is 0 Å². The lowest BCUT2D eigenvalue weighted by molar-refractivity contribution is 0.112. The van der Waals surface area contributed by atoms with Gasteiger partial charge in [-0.1, -0.05) is 18.1 Å². The molecule has 0 fully saturated rings. The van der Waals surface area contributed by atoms with E-state index in [0.29, 0.717) is 22.5 Å². The molecule has 0 saturated heterocycles. The van der Waals surface area contributed by atoms with E-state index in [2.05, 4.69) is 15.9 Å². The minimum absolute atomic E-state index is 0.542. The number of rotatable bonds is 2. The number of carbonyl (C=O) groups excluding carboxylic acids is 1. The first kappa shape index (κ1) is 9.22. The van der Waals surface area contributed by atoms with E-state index in [-0.39, 0.29) is 0 Å². The van der Waals surface area contributed by atoms with Crippen LogP contribution in [0.25, 0.3) is 11.4 Å². The third-order valence-electron chi connectivity index (χ3n) is 2.11. The standard InChI is InChI=1S/C12H8N2O/c1-2-9-4-3-5-10(8-15)11(9)12-13-6-7-14-12/h1,3-8H,(H,13,14). The van der Waals surface area contributed by atoms with E-state index in [0.717, 1.165) is 6.29 Å². The molecule has 2 rings (SSSR count). The fourth-order valence-electron chi connectivity index (χ4n) is 1.45. The second kappa shape index (κ2) is 3.81. The number of hydrogen-bond donors (Lipinski definition) is 1. The van der Waals surface area contributed by atoms with Crippen molar-refractivity contribution in [2.75, 3.05) is 0 Å². The molecule has 0 spiro atoms. The number of benzene rings is 1. The van der Waals surface area contributed by atoms with Gasteiger partial charge in [0.1, 0.15) is 5.82 Å². The largest absolute Gasteiger partial charge is 0.345 e. The Kier molecular flexibility index (Phi) is 2.34. The summed E-state index contributed by atoms with van der Waals surface area (Å²) in [5, 5.41) is 0. The van der Waals surface area contributed by atoms with Crippen molar-refractivity contribution in [1.29, 1.82) is 0 Å². The zero-order chi connectivity index (χ0) is 10.7. The molecule has 0 aliphatic rings. The number of aromatic nitrogens is 2. The number of terminal acetylenes is 1. The predicted octanol–water partition coefficient (Wildman–Crippen LogP) is 1.87. The molecule has 2 aromatic rings. The van der Waals surface area contributed by atoms with Crippen LogP contribution in [0.4, 0.5) is 0 Å². The molecule has 1 heterocycles. The number of aromatic amines is 1. The molecule has 72 valence electrons. The van der Waals surface area contributed by atoms with E-state index >= 15 is 0 Å². The lowest BCUT2D eigenvalue weighted by Gasteiger charge is -2.04. The Bertz CT molecular complexity index is 521. The van der Waals surface area contributed by atoms with Crippen LogP contribution < -0.4 is 0 Å². The summed E-state index contributed by atoms with van der Waals surface area (Å²) in [5.41, 5.74) is 1.88. The van der Waals surface area contributed by atoms with Crippen LogP contribution in [0, 0.1) is 12.3 Å². The van der Waals surface area contributed by atoms with E-state index in [9.17, 15) is 4.79 Å². The smallest absolute Gasteiger partial charge is 0.150 e. The third-order valence-corrected chi connectivity index (χ3v) is 2.11. The summed E-state index contributed by atoms with van der Waals surface area (Å²) >= 11 is 0. The van der Waals surface area contributed by atoms with E-state index < -0.39 is 0 Å². The summed E-state index contributed by atoms with van der Waals surface area (Å²) in [6.45, 7) is 0. The molecule has 0 saturated carbocycles. The predicted molar refractivity (Wildman–Crippen MR) is 57.3 cm³/mol. The van der Waals surface area contributed by atoms with E-state index in [1.165, 1.54) is 0 Å². The fraction of sp³-hybridized carbons (Fsp3) is 0. The molecular formula is C12H8N2O. The van der Waals surface area contributed by atoms with Crippen LogP contribution >= 0.6 is 0 Å². The van der Waals surface area contributed by atoms with Gasteiger partial charge in [0.15, 0.2) is 6.29 Å². The fourth-order valence-corrected chi connectivity index (χ4v) is 1.45. The average Bonchev–Trinajstić information content (AvgIpc) is 2.81. The number of H-pyrrole nitrogens is 1. The molecule has 0 atom stereocenters. The molecule has 0 aliphatic heterocycles. The molecule has 1 aromatic heterocycles. The van der Waals surface area contributed by atoms with Crippen LogP contribution in [-0.4, -0.2) is 16.3 Å². The summed E-state index contributed by atoms with van der Waals surface area (Å²) in [7, 11) is 0. The lowest BCUT2D eigenvalue weighted by Crippen LogP contribution is -1.93. The van der Waals surface area contributed by atoms with Gasteiger partial charge in [-0.05, 0) is 6.07 Å². The van der Waals surface area contributed by atoms with E-state index in [4.69, 9.17) is 6.42 Å². The summed E-state index contributed by atoms with van der Waals surface area (Å²) < 4.78 is 0. The molecule has 0 unspecified atom stereocenters. The molecule has 0 amide bonds. The molecule has 0 aliphatic carbocycles. The highest BCUT2D eigenvalue weighted by Gasteiger charge is 2.10. The first-order valence-electron chi connectivity index (χ1n) is 4.41. The molecule has 3 heteroatoms. The monoisotopic (exact) mass is 196 g/mol. The van der Waals surface area contributed by atoms with Crippen molar-refractivity contribution >= 4 is 6.29 Å². The van der Waals surface area contributed by atoms with Crippen LogP contribution in [0.3, 0.4) is 0 Å². The minimum atomic E-state index is 0.542. The third kappa shape index (κ3) is 1.53. The number of imidazole rings is 1. The van der Waals surface area contributed by atoms with E-state index in [1.54, 1.807) is 30.6 Å². The highest BCUT2D eigenvalue weighted by Crippen LogP contribution is 2.22. The normalized spacial score (nSPS) is 9.53. The zero-order valence-corrected chi connectivity index (χ0v) is 7.90. The Hall–Kier alpha value is -2.34. The second-order valence-corrected chi connectivity index (χ2v) is 2.97. The molecule has 0 bridgehead atoms. The van der Waals surface area contributed by atoms with E-state index in [1.807, 2.05) is 0 Å². The summed E-state index contributed by atoms with van der Waals surface area (Å²) in [5.74, 6) is 3.16. The van der Waals surface area contributed by atoms with Gasteiger partial charge in [0, 0.05) is 29.1 Å². The van der Waals surface area contributed by atoms with Crippen LogP contribution in [0.15, 0.2) is 30.6 Å². The number of aldehydes is 1. The summed E-state index contributed by atoms with van der Waals surface area (Å²) in [6, 6.07) is 5.25. The number of hydrogen-bond acceptors (Lipinski definition) is 2. The first-order chi connectivity index (χ1) is 7.36. The topological polar surface area (TPSA) is 45.8 Å². The van der Waals surface area contributed by atoms with Crippen molar-refractivity contribution in [1.82, 2.24) is 9.97 Å². The maximum Gasteiger partial charge on any atom is 0.150 e. The Morgan fingerprint density at radius 1 is 1.47 bits per heavy atom. The maximum atomic E-state index is 10.9. The average molecular weight is 196 g/mol. The minimum Gasteiger partial charge on any atom is -0.345 e. The van der Waals surface area contributed by atoms with Crippen molar-refractivity contribution in [2.45, 2.75) is 0 Å². The SMILES string of the molecule is C#Cc1cccc(C=O)c1-c1ncc[nH]1. The van der Waals surface area contributed by atoms with Crippen molar-refractivity contribution in [3.8, 4) is 23.7 Å². The van der Waals surface area contributed by atoms with Gasteiger partial charge in [-0.2, -0.15) is 0 Å². The van der Waals surface area contributed by atoms with Gasteiger partial charge in [0.25, 0.3) is 0 Å². The molecular weight excluding hydrogens is 188 g/mol. The Morgan fingerprint density at radius 3 is 2.93 bits per heavy atom. The Labute approximate surface area is 87.2 Å². The quantitative estimate of drug-likeness (QED) is 0.588. The summed E-state index contributed by atoms with van der Waals surface area (Å²) in [4.78, 5) is 17.9. The van der Waals surface area contributed by atoms with Gasteiger partial charge in [-0.15, -0.1) is 6.42 Å². The Balaban J connectivity index is 2.73. The molecule has 1 N–H and O–H groups in total. The van der Waals surface area contributed by atoms with Gasteiger partial charge in [-0.3, -0.25) is 4.79 Å². The Morgan fingerprint density at radius 2 is 2.33 bits per heavy atom. The van der Waals surface area contributed by atoms with Crippen LogP contribution in [0.5, 0.6) is 0 Å². The van der Waals surface area contributed by atoms with Crippen molar-refractivity contribution in [3.63, 3.8) is 0 Å². The molecule has 1 aromatic carbocycles. The molecule has 15 heavy (non-hydrogen) atoms. The van der Waals surface area contributed by atoms with Crippen molar-refractivity contribution < 1.29 is 4.79 Å². The molecule has 3 nitrogen and oxygen atoms in total. The number of carbonyl (C=O) groups is 1. The van der Waals surface area contributed by atoms with Gasteiger partial charge in [0.05, 0.1) is 0 Å². The molecule has 0 radical (unpaired) electrons. The second-order valence-electron chi connectivity index (χ2n) is 2.97. The number of nitrogens with zero attached hydrogens (tertiary/aromatic N) is 1. The van der Waals surface area contributed by atoms with Crippen molar-refractivity contribution in [3.05, 3.63) is 41.7 Å². The van der Waals surface area contributed by atoms with Gasteiger partial charge in [-0.25, -0.2) is 4.98 Å². The van der Waals surface area contributed by atoms with Crippen molar-refractivity contribution in [2.24, 2.45) is 0 Å². The lowest BCUT2D eigenvalue weighted by atomic mass is 10.0. The highest BCUT2D eigenvalue weighted by molar-refractivity contribution is 5.88. The van der Waals surface area contributed by atoms with Crippen LogP contribution in [-0.2, 0) is 0 Å². The van der Waals surface area contributed by atoms with Gasteiger partial charge >= 0.3 is 0 Å². The highest BCUT2D eigenvalue weighted by atomic mass is 16.1. The summed E-state index contributed by atoms with van der Waals surface area (Å²) in [6.07, 6.45) is 9.46.